The third-order valence-electron chi connectivity index (χ3n) is 6.73. The van der Waals surface area contributed by atoms with Crippen molar-refractivity contribution in [2.75, 3.05) is 0 Å². The molecule has 5 rings (SSSR count). The first-order valence-electron chi connectivity index (χ1n) is 11.6. The van der Waals surface area contributed by atoms with Crippen LogP contribution in [0.1, 0.15) is 40.2 Å². The molecular formula is C27H27FN4O2S. The third kappa shape index (κ3) is 4.52. The highest BCUT2D eigenvalue weighted by atomic mass is 32.1. The van der Waals surface area contributed by atoms with Crippen LogP contribution in [0.3, 0.4) is 0 Å². The molecule has 180 valence electrons. The molecule has 4 atom stereocenters. The first-order valence-corrected chi connectivity index (χ1v) is 12.4. The zero-order chi connectivity index (χ0) is 24.5. The largest absolute Gasteiger partial charge is 0.508 e. The van der Waals surface area contributed by atoms with Crippen LogP contribution in [-0.2, 0) is 6.54 Å². The summed E-state index contributed by atoms with van der Waals surface area (Å²) in [6.07, 6.45) is 3.33. The Kier molecular flexibility index (Phi) is 6.51. The van der Waals surface area contributed by atoms with E-state index in [-0.39, 0.29) is 35.5 Å². The molecule has 1 saturated heterocycles. The summed E-state index contributed by atoms with van der Waals surface area (Å²) in [6, 6.07) is 17.9. The molecule has 0 saturated carbocycles. The normalized spacial score (nSPS) is 24.0. The molecule has 0 bridgehead atoms. The molecule has 2 aliphatic heterocycles. The number of rotatable bonds is 5. The Labute approximate surface area is 207 Å². The number of aliphatic imine (C=N–C) groups is 1. The molecule has 1 aromatic heterocycles. The highest BCUT2D eigenvalue weighted by molar-refractivity contribution is 7.17. The summed E-state index contributed by atoms with van der Waals surface area (Å²) in [7, 11) is 0. The van der Waals surface area contributed by atoms with Crippen molar-refractivity contribution in [2.24, 2.45) is 16.6 Å². The molecule has 1 fully saturated rings. The van der Waals surface area contributed by atoms with Crippen LogP contribution in [0.4, 0.5) is 4.39 Å². The van der Waals surface area contributed by atoms with Crippen molar-refractivity contribution >= 4 is 23.5 Å². The van der Waals surface area contributed by atoms with E-state index in [2.05, 4.69) is 10.4 Å². The van der Waals surface area contributed by atoms with Crippen molar-refractivity contribution in [3.63, 3.8) is 0 Å². The van der Waals surface area contributed by atoms with Gasteiger partial charge in [-0.2, -0.15) is 0 Å². The number of thiophene rings is 1. The molecule has 3 heterocycles. The van der Waals surface area contributed by atoms with Gasteiger partial charge in [-0.15, -0.1) is 11.3 Å². The predicted molar refractivity (Wildman–Crippen MR) is 137 cm³/mol. The van der Waals surface area contributed by atoms with Gasteiger partial charge in [0, 0.05) is 28.9 Å². The van der Waals surface area contributed by atoms with E-state index < -0.39 is 6.04 Å². The van der Waals surface area contributed by atoms with Gasteiger partial charge in [-0.3, -0.25) is 14.8 Å². The minimum Gasteiger partial charge on any atom is -0.508 e. The number of nitrogens with zero attached hydrogens (tertiary/aromatic N) is 2. The standard InChI is InChI=1S/C27H27FN4O2S/c1-16-21(12-18(28)15-30-16)22-13-23(20-8-4-5-9-24(20)33)32(31-22)27(34)26-11-10-25(35-26)19-7-3-2-6-17(19)14-29/h2-12,15-16,21-23,31,33H,13-14,29H2,1H3. The number of aromatic hydroxyl groups is 1. The van der Waals surface area contributed by atoms with Gasteiger partial charge in [0.2, 0.25) is 0 Å². The number of halogens is 1. The number of benzene rings is 2. The van der Waals surface area contributed by atoms with Crippen LogP contribution in [-0.4, -0.2) is 34.3 Å². The number of carbonyl (C=O) groups excluding carboxylic acids is 1. The van der Waals surface area contributed by atoms with Gasteiger partial charge < -0.3 is 10.8 Å². The van der Waals surface area contributed by atoms with E-state index in [1.54, 1.807) is 23.2 Å². The number of nitrogens with one attached hydrogen (secondary N) is 1. The SMILES string of the molecule is CC1N=CC(F)=CC1C1CC(c2ccccc2O)N(C(=O)c2ccc(-c3ccccc3CN)s2)N1. The Morgan fingerprint density at radius 3 is 2.77 bits per heavy atom. The van der Waals surface area contributed by atoms with E-state index in [0.29, 0.717) is 23.4 Å². The lowest BCUT2D eigenvalue weighted by Gasteiger charge is -2.27. The quantitative estimate of drug-likeness (QED) is 0.470. The Hall–Kier alpha value is -3.33. The number of phenolic OH excluding ortho intramolecular Hbond substituents is 1. The van der Waals surface area contributed by atoms with E-state index in [9.17, 15) is 14.3 Å². The molecule has 0 aliphatic carbocycles. The van der Waals surface area contributed by atoms with E-state index in [1.165, 1.54) is 17.6 Å². The minimum absolute atomic E-state index is 0.123. The maximum atomic E-state index is 14.0. The van der Waals surface area contributed by atoms with Gasteiger partial charge >= 0.3 is 0 Å². The number of carbonyl (C=O) groups is 1. The number of hydrogen-bond acceptors (Lipinski definition) is 6. The Morgan fingerprint density at radius 2 is 1.97 bits per heavy atom. The summed E-state index contributed by atoms with van der Waals surface area (Å²) in [4.78, 5) is 19.6. The number of nitrogens with two attached hydrogens (primary N) is 1. The van der Waals surface area contributed by atoms with Crippen molar-refractivity contribution < 1.29 is 14.3 Å². The molecule has 4 unspecified atom stereocenters. The molecule has 6 nitrogen and oxygen atoms in total. The predicted octanol–water partition coefficient (Wildman–Crippen LogP) is 4.98. The lowest BCUT2D eigenvalue weighted by molar-refractivity contribution is 0.0634. The fourth-order valence-corrected chi connectivity index (χ4v) is 5.91. The van der Waals surface area contributed by atoms with Gasteiger partial charge in [0.25, 0.3) is 5.91 Å². The number of allylic oxidation sites excluding steroid dienone is 1. The van der Waals surface area contributed by atoms with E-state index >= 15 is 0 Å². The second kappa shape index (κ2) is 9.73. The summed E-state index contributed by atoms with van der Waals surface area (Å²) in [5.41, 5.74) is 11.9. The summed E-state index contributed by atoms with van der Waals surface area (Å²) in [5.74, 6) is -0.668. The van der Waals surface area contributed by atoms with Gasteiger partial charge in [-0.1, -0.05) is 42.5 Å². The Bertz CT molecular complexity index is 1300. The fraction of sp³-hybridized carbons (Fsp3) is 0.259. The van der Waals surface area contributed by atoms with E-state index in [1.807, 2.05) is 55.5 Å². The van der Waals surface area contributed by atoms with Gasteiger partial charge in [0.15, 0.2) is 0 Å². The van der Waals surface area contributed by atoms with Gasteiger partial charge in [-0.05, 0) is 48.7 Å². The maximum Gasteiger partial charge on any atom is 0.278 e. The molecular weight excluding hydrogens is 463 g/mol. The molecule has 0 radical (unpaired) electrons. The number of amides is 1. The van der Waals surface area contributed by atoms with Crippen molar-refractivity contribution in [3.05, 3.63) is 88.6 Å². The van der Waals surface area contributed by atoms with E-state index in [0.717, 1.165) is 16.0 Å². The van der Waals surface area contributed by atoms with Crippen LogP contribution in [0.25, 0.3) is 10.4 Å². The molecule has 3 aromatic rings. The number of hydrogen-bond donors (Lipinski definition) is 3. The third-order valence-corrected chi connectivity index (χ3v) is 7.84. The molecule has 2 aliphatic rings. The van der Waals surface area contributed by atoms with E-state index in [4.69, 9.17) is 5.73 Å². The zero-order valence-corrected chi connectivity index (χ0v) is 20.1. The molecule has 0 spiro atoms. The van der Waals surface area contributed by atoms with Crippen LogP contribution in [0, 0.1) is 5.92 Å². The monoisotopic (exact) mass is 490 g/mol. The Balaban J connectivity index is 1.47. The lowest BCUT2D eigenvalue weighted by atomic mass is 9.87. The van der Waals surface area contributed by atoms with Gasteiger partial charge in [0.1, 0.15) is 11.6 Å². The van der Waals surface area contributed by atoms with Crippen LogP contribution >= 0.6 is 11.3 Å². The van der Waals surface area contributed by atoms with Gasteiger partial charge in [0.05, 0.1) is 23.2 Å². The van der Waals surface area contributed by atoms with Crippen molar-refractivity contribution in [1.29, 1.82) is 0 Å². The van der Waals surface area contributed by atoms with Gasteiger partial charge in [-0.25, -0.2) is 9.82 Å². The van der Waals surface area contributed by atoms with Crippen LogP contribution < -0.4 is 11.2 Å². The average molecular weight is 491 g/mol. The first-order chi connectivity index (χ1) is 17.0. The smallest absolute Gasteiger partial charge is 0.278 e. The second-order valence-electron chi connectivity index (χ2n) is 8.89. The summed E-state index contributed by atoms with van der Waals surface area (Å²) in [6.45, 7) is 2.35. The lowest BCUT2D eigenvalue weighted by Crippen LogP contribution is -2.45. The molecule has 2 aromatic carbocycles. The second-order valence-corrected chi connectivity index (χ2v) is 9.98. The van der Waals surface area contributed by atoms with Crippen molar-refractivity contribution in [1.82, 2.24) is 10.4 Å². The maximum absolute atomic E-state index is 14.0. The first kappa shape index (κ1) is 23.4. The molecule has 8 heteroatoms. The number of hydrazine groups is 1. The van der Waals surface area contributed by atoms with Crippen molar-refractivity contribution in [3.8, 4) is 16.2 Å². The number of phenols is 1. The fourth-order valence-electron chi connectivity index (χ4n) is 4.91. The minimum atomic E-state index is -0.412. The van der Waals surface area contributed by atoms with Crippen LogP contribution in [0.15, 0.2) is 77.6 Å². The molecule has 35 heavy (non-hydrogen) atoms. The number of para-hydroxylation sites is 1. The van der Waals surface area contributed by atoms with Crippen LogP contribution in [0.2, 0.25) is 0 Å². The number of dihydropyridines is 1. The summed E-state index contributed by atoms with van der Waals surface area (Å²) in [5, 5.41) is 12.2. The molecule has 4 N–H and O–H groups in total. The summed E-state index contributed by atoms with van der Waals surface area (Å²) < 4.78 is 14.0. The highest BCUT2D eigenvalue weighted by Crippen LogP contribution is 2.40. The topological polar surface area (TPSA) is 91.0 Å². The molecule has 1 amide bonds. The average Bonchev–Trinajstić information content (AvgIpc) is 3.53. The van der Waals surface area contributed by atoms with Crippen molar-refractivity contribution in [2.45, 2.75) is 38.0 Å². The van der Waals surface area contributed by atoms with Crippen LogP contribution in [0.5, 0.6) is 5.75 Å². The highest BCUT2D eigenvalue weighted by Gasteiger charge is 2.42. The summed E-state index contributed by atoms with van der Waals surface area (Å²) >= 11 is 1.40. The Morgan fingerprint density at radius 1 is 1.20 bits per heavy atom. The zero-order valence-electron chi connectivity index (χ0n) is 19.3.